The van der Waals surface area contributed by atoms with Crippen LogP contribution in [0.3, 0.4) is 0 Å². The fourth-order valence-corrected chi connectivity index (χ4v) is 3.71. The van der Waals surface area contributed by atoms with Gasteiger partial charge in [0.05, 0.1) is 24.9 Å². The Kier molecular flexibility index (Phi) is 6.57. The van der Waals surface area contributed by atoms with Gasteiger partial charge in [0.15, 0.2) is 6.29 Å². The smallest absolute Gasteiger partial charge is 0.186 e. The van der Waals surface area contributed by atoms with Crippen LogP contribution < -0.4 is 0 Å². The van der Waals surface area contributed by atoms with Crippen molar-refractivity contribution in [3.8, 4) is 0 Å². The molecule has 0 aromatic heterocycles. The van der Waals surface area contributed by atoms with Crippen molar-refractivity contribution in [1.29, 1.82) is 0 Å². The summed E-state index contributed by atoms with van der Waals surface area (Å²) >= 11 is 0. The van der Waals surface area contributed by atoms with E-state index in [4.69, 9.17) is 14.6 Å². The lowest BCUT2D eigenvalue weighted by Crippen LogP contribution is -2.59. The molecular formula is C15H28O9. The molecule has 2 fully saturated rings. The SMILES string of the molecule is C[C@]1(O)C[C@@H](O)[C@H](CCO[C@@H]2O[C@H](CO)[C@@H](O)[C@H](O)[C@H]2O)[C@@H]1CO. The van der Waals surface area contributed by atoms with Crippen LogP contribution in [0.4, 0.5) is 0 Å². The molecule has 0 spiro atoms. The molecule has 24 heavy (non-hydrogen) atoms. The fourth-order valence-electron chi connectivity index (χ4n) is 3.71. The Labute approximate surface area is 140 Å². The van der Waals surface area contributed by atoms with Crippen molar-refractivity contribution in [3.63, 3.8) is 0 Å². The molecule has 9 nitrogen and oxygen atoms in total. The van der Waals surface area contributed by atoms with E-state index in [1.165, 1.54) is 0 Å². The first kappa shape index (κ1) is 20.0. The maximum Gasteiger partial charge on any atom is 0.186 e. The molecule has 0 aromatic rings. The van der Waals surface area contributed by atoms with Crippen molar-refractivity contribution in [3.05, 3.63) is 0 Å². The van der Waals surface area contributed by atoms with Crippen LogP contribution in [0.5, 0.6) is 0 Å². The first-order valence-electron chi connectivity index (χ1n) is 8.16. The minimum atomic E-state index is -1.51. The maximum atomic E-state index is 10.2. The molecule has 1 saturated carbocycles. The van der Waals surface area contributed by atoms with Crippen molar-refractivity contribution in [2.24, 2.45) is 11.8 Å². The van der Waals surface area contributed by atoms with Crippen LogP contribution in [0.2, 0.25) is 0 Å². The van der Waals surface area contributed by atoms with Crippen molar-refractivity contribution in [1.82, 2.24) is 0 Å². The zero-order valence-corrected chi connectivity index (χ0v) is 13.6. The Balaban J connectivity index is 1.89. The number of hydrogen-bond donors (Lipinski definition) is 7. The van der Waals surface area contributed by atoms with E-state index in [0.29, 0.717) is 6.42 Å². The molecule has 0 radical (unpaired) electrons. The Bertz CT molecular complexity index is 402. The predicted molar refractivity (Wildman–Crippen MR) is 79.6 cm³/mol. The molecule has 9 heteroatoms. The molecular weight excluding hydrogens is 324 g/mol. The van der Waals surface area contributed by atoms with Crippen molar-refractivity contribution in [2.45, 2.75) is 62.2 Å². The third-order valence-corrected chi connectivity index (χ3v) is 5.21. The first-order valence-corrected chi connectivity index (χ1v) is 8.16. The average Bonchev–Trinajstić information content (AvgIpc) is 2.75. The molecule has 0 bridgehead atoms. The second-order valence-corrected chi connectivity index (χ2v) is 6.94. The van der Waals surface area contributed by atoms with E-state index in [9.17, 15) is 30.6 Å². The fraction of sp³-hybridized carbons (Fsp3) is 1.00. The van der Waals surface area contributed by atoms with Crippen molar-refractivity contribution < 1.29 is 45.2 Å². The molecule has 1 saturated heterocycles. The lowest BCUT2D eigenvalue weighted by atomic mass is 9.86. The highest BCUT2D eigenvalue weighted by atomic mass is 16.7. The van der Waals surface area contributed by atoms with Gasteiger partial charge in [-0.3, -0.25) is 0 Å². The summed E-state index contributed by atoms with van der Waals surface area (Å²) in [5, 5.41) is 68.1. The van der Waals surface area contributed by atoms with Crippen LogP contribution in [0.25, 0.3) is 0 Å². The molecule has 1 aliphatic heterocycles. The van der Waals surface area contributed by atoms with Gasteiger partial charge in [-0.15, -0.1) is 0 Å². The van der Waals surface area contributed by atoms with E-state index < -0.39 is 54.9 Å². The number of hydrogen-bond acceptors (Lipinski definition) is 9. The topological polar surface area (TPSA) is 160 Å². The van der Waals surface area contributed by atoms with Gasteiger partial charge in [0, 0.05) is 18.9 Å². The van der Waals surface area contributed by atoms with E-state index >= 15 is 0 Å². The molecule has 1 aliphatic carbocycles. The van der Waals surface area contributed by atoms with Gasteiger partial charge in [-0.1, -0.05) is 0 Å². The predicted octanol–water partition coefficient (Wildman–Crippen LogP) is -3.07. The van der Waals surface area contributed by atoms with Gasteiger partial charge in [-0.05, 0) is 19.3 Å². The van der Waals surface area contributed by atoms with Gasteiger partial charge in [0.2, 0.25) is 0 Å². The monoisotopic (exact) mass is 352 g/mol. The molecule has 2 rings (SSSR count). The van der Waals surface area contributed by atoms with E-state index in [1.807, 2.05) is 0 Å². The zero-order valence-electron chi connectivity index (χ0n) is 13.6. The second-order valence-electron chi connectivity index (χ2n) is 6.94. The van der Waals surface area contributed by atoms with Crippen LogP contribution in [0, 0.1) is 11.8 Å². The third kappa shape index (κ3) is 3.90. The Morgan fingerprint density at radius 2 is 1.71 bits per heavy atom. The van der Waals surface area contributed by atoms with Crippen LogP contribution in [0.1, 0.15) is 19.8 Å². The quantitative estimate of drug-likeness (QED) is 0.263. The van der Waals surface area contributed by atoms with Gasteiger partial charge in [0.1, 0.15) is 24.4 Å². The average molecular weight is 352 g/mol. The van der Waals surface area contributed by atoms with Crippen molar-refractivity contribution in [2.75, 3.05) is 19.8 Å². The van der Waals surface area contributed by atoms with Gasteiger partial charge >= 0.3 is 0 Å². The normalized spacial score (nSPS) is 49.5. The largest absolute Gasteiger partial charge is 0.396 e. The second kappa shape index (κ2) is 7.90. The van der Waals surface area contributed by atoms with Crippen molar-refractivity contribution >= 4 is 0 Å². The van der Waals surface area contributed by atoms with E-state index in [0.717, 1.165) is 0 Å². The standard InChI is InChI=1S/C15H28O9/c1-15(22)4-9(18)7(8(15)5-16)2-3-23-14-13(21)12(20)11(19)10(6-17)24-14/h7-14,16-22H,2-6H2,1H3/t7-,8+,9-,10-,11-,12+,13-,14-,15+/m1/s1. The minimum Gasteiger partial charge on any atom is -0.396 e. The summed E-state index contributed by atoms with van der Waals surface area (Å²) in [5.41, 5.74) is -1.16. The molecule has 142 valence electrons. The number of aliphatic hydroxyl groups is 7. The molecule has 7 N–H and O–H groups in total. The summed E-state index contributed by atoms with van der Waals surface area (Å²) in [4.78, 5) is 0. The molecule has 1 heterocycles. The highest BCUT2D eigenvalue weighted by Gasteiger charge is 2.49. The van der Waals surface area contributed by atoms with Crippen LogP contribution in [-0.4, -0.2) is 98.0 Å². The van der Waals surface area contributed by atoms with Crippen LogP contribution >= 0.6 is 0 Å². The number of aliphatic hydroxyl groups excluding tert-OH is 6. The van der Waals surface area contributed by atoms with E-state index in [1.54, 1.807) is 6.92 Å². The Morgan fingerprint density at radius 1 is 1.04 bits per heavy atom. The highest BCUT2D eigenvalue weighted by Crippen LogP contribution is 2.41. The summed E-state index contributed by atoms with van der Waals surface area (Å²) < 4.78 is 10.6. The molecule has 9 atom stereocenters. The number of ether oxygens (including phenoxy) is 2. The van der Waals surface area contributed by atoms with E-state index in [2.05, 4.69) is 0 Å². The molecule has 2 aliphatic rings. The van der Waals surface area contributed by atoms with Gasteiger partial charge < -0.3 is 45.2 Å². The van der Waals surface area contributed by atoms with Gasteiger partial charge in [-0.2, -0.15) is 0 Å². The Hall–Kier alpha value is -0.360. The molecule has 0 amide bonds. The zero-order chi connectivity index (χ0) is 18.1. The summed E-state index contributed by atoms with van der Waals surface area (Å²) in [6, 6.07) is 0. The molecule has 0 aromatic carbocycles. The Morgan fingerprint density at radius 3 is 2.29 bits per heavy atom. The van der Waals surface area contributed by atoms with Gasteiger partial charge in [0.25, 0.3) is 0 Å². The summed E-state index contributed by atoms with van der Waals surface area (Å²) in [5.74, 6) is -0.874. The van der Waals surface area contributed by atoms with Crippen LogP contribution in [-0.2, 0) is 9.47 Å². The first-order chi connectivity index (χ1) is 11.2. The van der Waals surface area contributed by atoms with Gasteiger partial charge in [-0.25, -0.2) is 0 Å². The van der Waals surface area contributed by atoms with Crippen LogP contribution in [0.15, 0.2) is 0 Å². The summed E-state index contributed by atoms with van der Waals surface area (Å²) in [7, 11) is 0. The number of rotatable bonds is 6. The third-order valence-electron chi connectivity index (χ3n) is 5.21. The van der Waals surface area contributed by atoms with E-state index in [-0.39, 0.29) is 25.6 Å². The summed E-state index contributed by atoms with van der Waals surface area (Å²) in [6.45, 7) is 0.795. The minimum absolute atomic E-state index is 0.0387. The highest BCUT2D eigenvalue weighted by molar-refractivity contribution is 4.99. The maximum absolute atomic E-state index is 10.2. The lowest BCUT2D eigenvalue weighted by molar-refractivity contribution is -0.301. The lowest BCUT2D eigenvalue weighted by Gasteiger charge is -2.39. The molecule has 0 unspecified atom stereocenters. The summed E-state index contributed by atoms with van der Waals surface area (Å²) in [6.07, 6.45) is -7.04.